The van der Waals surface area contributed by atoms with Crippen LogP contribution in [0.4, 0.5) is 5.82 Å². The number of fused-ring (bicyclic) bond motifs is 1. The van der Waals surface area contributed by atoms with Crippen LogP contribution in [0.1, 0.15) is 122 Å². The Kier molecular flexibility index (Phi) is 11.1. The van der Waals surface area contributed by atoms with Crippen molar-refractivity contribution in [2.24, 2.45) is 16.7 Å². The van der Waals surface area contributed by atoms with Gasteiger partial charge in [0.2, 0.25) is 11.8 Å². The van der Waals surface area contributed by atoms with Gasteiger partial charge in [0.15, 0.2) is 0 Å². The normalized spacial score (nSPS) is 25.1. The summed E-state index contributed by atoms with van der Waals surface area (Å²) in [4.78, 5) is 78.7. The number of nitrogens with zero attached hydrogens (tertiary/aromatic N) is 6. The SMILES string of the molecule is CCc1cc(OC2C(C)(C)C(NC(=O)c3cnc(N4CC(CN(C(C)C)C5CC(Oc6ccc7c(c6)C(=O)N(C6CCC(=O)NC6=O)C7=O)C5)C4)cn3)C2(C)C)cc(C)c1C#N. The maximum atomic E-state index is 13.5. The molecular weight excluding hydrogens is 789 g/mol. The van der Waals surface area contributed by atoms with E-state index in [1.807, 2.05) is 26.0 Å². The summed E-state index contributed by atoms with van der Waals surface area (Å²) < 4.78 is 12.9. The first kappa shape index (κ1) is 42.8. The van der Waals surface area contributed by atoms with Crippen molar-refractivity contribution in [3.8, 4) is 17.6 Å². The molecule has 0 bridgehead atoms. The van der Waals surface area contributed by atoms with Gasteiger partial charge in [-0.25, -0.2) is 9.97 Å². The maximum Gasteiger partial charge on any atom is 0.271 e. The summed E-state index contributed by atoms with van der Waals surface area (Å²) in [7, 11) is 0. The zero-order chi connectivity index (χ0) is 44.4. The molecule has 1 aromatic heterocycles. The van der Waals surface area contributed by atoms with Crippen LogP contribution in [0.25, 0.3) is 0 Å². The molecule has 3 aromatic rings. The molecule has 0 spiro atoms. The number of amides is 5. The van der Waals surface area contributed by atoms with Crippen LogP contribution >= 0.6 is 0 Å². The zero-order valence-electron chi connectivity index (χ0n) is 36.8. The summed E-state index contributed by atoms with van der Waals surface area (Å²) in [5.41, 5.74) is 2.51. The molecule has 2 saturated carbocycles. The minimum atomic E-state index is -1.01. The number of benzene rings is 2. The molecule has 1 atom stereocenters. The van der Waals surface area contributed by atoms with E-state index in [2.05, 4.69) is 78.0 Å². The molecule has 8 rings (SSSR count). The van der Waals surface area contributed by atoms with E-state index in [0.29, 0.717) is 29.3 Å². The van der Waals surface area contributed by atoms with Crippen molar-refractivity contribution in [2.75, 3.05) is 24.5 Å². The standard InChI is InChI=1S/C47H56N8O7/c1-9-28-15-31(14-26(4)35(28)19-48)62-45-46(5,6)44(47(45,7)8)52-40(57)36-20-50-38(21-49-36)53-22-27(23-53)24-54(25(2)3)29-16-32(17-29)61-30-10-11-33-34(18-30)43(60)55(42(33)59)37-12-13-39(56)51-41(37)58/h10-11,14-15,18,20-21,25,27,29,32,37,44-45H,9,12-13,16-17,22-24H2,1-8H3,(H,52,57)(H,51,56,58). The third kappa shape index (κ3) is 7.56. The molecule has 1 unspecified atom stereocenters. The Hall–Kier alpha value is -5.88. The number of aromatic nitrogens is 2. The minimum Gasteiger partial charge on any atom is -0.490 e. The molecular formula is C47H56N8O7. The van der Waals surface area contributed by atoms with Crippen LogP contribution in [0, 0.1) is 35.0 Å². The second kappa shape index (κ2) is 16.1. The van der Waals surface area contributed by atoms with Gasteiger partial charge in [0.1, 0.15) is 41.3 Å². The van der Waals surface area contributed by atoms with Crippen LogP contribution in [0.3, 0.4) is 0 Å². The molecule has 326 valence electrons. The molecule has 4 heterocycles. The van der Waals surface area contributed by atoms with Gasteiger partial charge in [0.25, 0.3) is 17.7 Å². The second-order valence-corrected chi connectivity index (χ2v) is 19.1. The quantitative estimate of drug-likeness (QED) is 0.220. The van der Waals surface area contributed by atoms with Crippen LogP contribution in [0.5, 0.6) is 11.5 Å². The van der Waals surface area contributed by atoms with Crippen LogP contribution in [-0.2, 0) is 16.0 Å². The number of carbonyl (C=O) groups is 5. The molecule has 2 aliphatic carbocycles. The van der Waals surface area contributed by atoms with Gasteiger partial charge >= 0.3 is 0 Å². The van der Waals surface area contributed by atoms with Gasteiger partial charge in [-0.05, 0) is 75.1 Å². The molecule has 2 aromatic carbocycles. The fourth-order valence-corrected chi connectivity index (χ4v) is 10.6. The average molecular weight is 845 g/mol. The summed E-state index contributed by atoms with van der Waals surface area (Å²) >= 11 is 0. The molecule has 5 aliphatic rings. The summed E-state index contributed by atoms with van der Waals surface area (Å²) in [5, 5.41) is 15.1. The van der Waals surface area contributed by atoms with Crippen molar-refractivity contribution < 1.29 is 33.4 Å². The van der Waals surface area contributed by atoms with Gasteiger partial charge in [-0.1, -0.05) is 34.6 Å². The van der Waals surface area contributed by atoms with Crippen molar-refractivity contribution in [3.05, 3.63) is 76.2 Å². The third-order valence-corrected chi connectivity index (χ3v) is 13.8. The lowest BCUT2D eigenvalue weighted by Gasteiger charge is -2.63. The van der Waals surface area contributed by atoms with Gasteiger partial charge in [0, 0.05) is 73.8 Å². The lowest BCUT2D eigenvalue weighted by molar-refractivity contribution is -0.164. The number of nitrogens with one attached hydrogen (secondary N) is 2. The van der Waals surface area contributed by atoms with Gasteiger partial charge in [-0.3, -0.25) is 39.1 Å². The average Bonchev–Trinajstić information content (AvgIpc) is 3.44. The Labute approximate surface area is 362 Å². The van der Waals surface area contributed by atoms with Crippen LogP contribution in [0.2, 0.25) is 0 Å². The fourth-order valence-electron chi connectivity index (χ4n) is 10.6. The molecule has 15 nitrogen and oxygen atoms in total. The molecule has 5 amide bonds. The largest absolute Gasteiger partial charge is 0.490 e. The van der Waals surface area contributed by atoms with E-state index >= 15 is 0 Å². The highest BCUT2D eigenvalue weighted by Gasteiger charge is 2.64. The van der Waals surface area contributed by atoms with Crippen LogP contribution in [0.15, 0.2) is 42.7 Å². The second-order valence-electron chi connectivity index (χ2n) is 19.1. The zero-order valence-corrected chi connectivity index (χ0v) is 36.8. The number of rotatable bonds is 13. The molecule has 3 aliphatic heterocycles. The van der Waals surface area contributed by atoms with E-state index in [1.54, 1.807) is 30.6 Å². The first-order valence-electron chi connectivity index (χ1n) is 21.8. The Morgan fingerprint density at radius 2 is 1.69 bits per heavy atom. The van der Waals surface area contributed by atoms with E-state index < -0.39 is 29.7 Å². The molecule has 2 saturated heterocycles. The van der Waals surface area contributed by atoms with E-state index in [1.165, 1.54) is 0 Å². The topological polar surface area (TPSA) is 187 Å². The van der Waals surface area contributed by atoms with Crippen molar-refractivity contribution in [1.82, 2.24) is 30.4 Å². The first-order chi connectivity index (χ1) is 29.4. The number of piperidine rings is 1. The predicted octanol–water partition coefficient (Wildman–Crippen LogP) is 4.99. The van der Waals surface area contributed by atoms with Crippen molar-refractivity contribution in [1.29, 1.82) is 5.26 Å². The van der Waals surface area contributed by atoms with Gasteiger partial charge < -0.3 is 19.7 Å². The summed E-state index contributed by atoms with van der Waals surface area (Å²) in [6, 6.07) is 10.5. The van der Waals surface area contributed by atoms with E-state index in [4.69, 9.17) is 9.47 Å². The number of nitriles is 1. The first-order valence-corrected chi connectivity index (χ1v) is 21.8. The molecule has 0 radical (unpaired) electrons. The highest BCUT2D eigenvalue weighted by molar-refractivity contribution is 6.23. The number of carbonyl (C=O) groups excluding carboxylic acids is 5. The number of ether oxygens (including phenoxy) is 2. The Bertz CT molecular complexity index is 2340. The van der Waals surface area contributed by atoms with Crippen molar-refractivity contribution >= 4 is 35.4 Å². The lowest BCUT2D eigenvalue weighted by Crippen LogP contribution is -2.74. The number of anilines is 1. The molecule has 4 fully saturated rings. The predicted molar refractivity (Wildman–Crippen MR) is 229 cm³/mol. The fraction of sp³-hybridized carbons (Fsp3) is 0.532. The van der Waals surface area contributed by atoms with Crippen LogP contribution in [-0.4, -0.2) is 105 Å². The minimum absolute atomic E-state index is 0.0369. The summed E-state index contributed by atoms with van der Waals surface area (Å²) in [6.45, 7) is 19.4. The maximum absolute atomic E-state index is 13.5. The molecule has 62 heavy (non-hydrogen) atoms. The van der Waals surface area contributed by atoms with E-state index in [0.717, 1.165) is 66.5 Å². The summed E-state index contributed by atoms with van der Waals surface area (Å²) in [5.74, 6) is 0.00927. The number of aryl methyl sites for hydroxylation is 2. The molecule has 2 N–H and O–H groups in total. The van der Waals surface area contributed by atoms with Gasteiger partial charge in [0.05, 0.1) is 35.2 Å². The monoisotopic (exact) mass is 844 g/mol. The lowest BCUT2D eigenvalue weighted by atomic mass is 9.49. The third-order valence-electron chi connectivity index (χ3n) is 13.8. The number of hydrogen-bond donors (Lipinski definition) is 2. The summed E-state index contributed by atoms with van der Waals surface area (Å²) in [6.07, 6.45) is 5.59. The Morgan fingerprint density at radius 1 is 0.984 bits per heavy atom. The van der Waals surface area contributed by atoms with Gasteiger partial charge in [-0.15, -0.1) is 0 Å². The Balaban J connectivity index is 0.802. The van der Waals surface area contributed by atoms with E-state index in [-0.39, 0.29) is 64.6 Å². The Morgan fingerprint density at radius 3 is 2.32 bits per heavy atom. The smallest absolute Gasteiger partial charge is 0.271 e. The number of hydrogen-bond acceptors (Lipinski definition) is 12. The van der Waals surface area contributed by atoms with Crippen molar-refractivity contribution in [3.63, 3.8) is 0 Å². The number of imide groups is 2. The van der Waals surface area contributed by atoms with E-state index in [9.17, 15) is 29.2 Å². The highest BCUT2D eigenvalue weighted by atomic mass is 16.5. The van der Waals surface area contributed by atoms with Gasteiger partial charge in [-0.2, -0.15) is 5.26 Å². The molecule has 15 heteroatoms. The van der Waals surface area contributed by atoms with Crippen LogP contribution < -0.4 is 25.0 Å². The van der Waals surface area contributed by atoms with Crippen molar-refractivity contribution in [2.45, 2.75) is 124 Å². The highest BCUT2D eigenvalue weighted by Crippen LogP contribution is 2.55.